The van der Waals surface area contributed by atoms with Gasteiger partial charge in [0.1, 0.15) is 5.82 Å². The maximum atomic E-state index is 13.4. The minimum atomic E-state index is -0.180. The summed E-state index contributed by atoms with van der Waals surface area (Å²) in [7, 11) is 0. The molecule has 2 atom stereocenters. The van der Waals surface area contributed by atoms with Crippen LogP contribution in [-0.4, -0.2) is 24.7 Å². The van der Waals surface area contributed by atoms with Crippen LogP contribution in [0, 0.1) is 5.82 Å². The van der Waals surface area contributed by atoms with Crippen LogP contribution < -0.4 is 10.2 Å². The molecule has 0 aromatic heterocycles. The third-order valence-electron chi connectivity index (χ3n) is 4.62. The van der Waals surface area contributed by atoms with Gasteiger partial charge >= 0.3 is 0 Å². The molecule has 2 fully saturated rings. The summed E-state index contributed by atoms with van der Waals surface area (Å²) in [6.45, 7) is 3.33. The van der Waals surface area contributed by atoms with E-state index >= 15 is 0 Å². The maximum absolute atomic E-state index is 13.4. The van der Waals surface area contributed by atoms with Gasteiger partial charge in [-0.3, -0.25) is 0 Å². The molecule has 1 aromatic carbocycles. The molecule has 2 heterocycles. The number of nitrogens with one attached hydrogen (secondary N) is 1. The molecule has 2 saturated heterocycles. The van der Waals surface area contributed by atoms with Gasteiger partial charge in [0.05, 0.1) is 4.47 Å². The first-order valence-corrected chi connectivity index (χ1v) is 8.45. The van der Waals surface area contributed by atoms with Crippen LogP contribution in [0.4, 0.5) is 10.1 Å². The Morgan fingerprint density at radius 2 is 2.00 bits per heavy atom. The zero-order valence-electron chi connectivity index (χ0n) is 11.9. The van der Waals surface area contributed by atoms with Crippen molar-refractivity contribution in [3.63, 3.8) is 0 Å². The summed E-state index contributed by atoms with van der Waals surface area (Å²) in [6, 6.07) is 7.31. The van der Waals surface area contributed by atoms with Crippen LogP contribution in [0.3, 0.4) is 0 Å². The molecule has 3 rings (SSSR count). The van der Waals surface area contributed by atoms with Crippen molar-refractivity contribution in [3.05, 3.63) is 28.5 Å². The molecule has 110 valence electrons. The van der Waals surface area contributed by atoms with Crippen molar-refractivity contribution in [2.24, 2.45) is 0 Å². The van der Waals surface area contributed by atoms with Crippen LogP contribution in [0.25, 0.3) is 0 Å². The number of nitrogens with zero attached hydrogens (tertiary/aromatic N) is 1. The largest absolute Gasteiger partial charge is 0.365 e. The van der Waals surface area contributed by atoms with E-state index in [1.165, 1.54) is 37.8 Å². The zero-order valence-corrected chi connectivity index (χ0v) is 13.5. The summed E-state index contributed by atoms with van der Waals surface area (Å²) in [5, 5.41) is 3.67. The second kappa shape index (κ2) is 6.02. The van der Waals surface area contributed by atoms with E-state index in [2.05, 4.69) is 33.1 Å². The van der Waals surface area contributed by atoms with E-state index in [1.54, 1.807) is 6.07 Å². The van der Waals surface area contributed by atoms with Crippen molar-refractivity contribution in [2.75, 3.05) is 11.4 Å². The SMILES string of the molecule is CCCNC1CC2CCC(C1)N2c1ccc(F)c(Br)c1. The lowest BCUT2D eigenvalue weighted by Gasteiger charge is -2.41. The monoisotopic (exact) mass is 340 g/mol. The quantitative estimate of drug-likeness (QED) is 0.888. The Balaban J connectivity index is 1.74. The fourth-order valence-corrected chi connectivity index (χ4v) is 4.13. The van der Waals surface area contributed by atoms with Gasteiger partial charge in [-0.05, 0) is 72.8 Å². The van der Waals surface area contributed by atoms with Crippen LogP contribution in [-0.2, 0) is 0 Å². The Bertz CT molecular complexity index is 466. The van der Waals surface area contributed by atoms with Crippen LogP contribution in [0.5, 0.6) is 0 Å². The highest BCUT2D eigenvalue weighted by atomic mass is 79.9. The van der Waals surface area contributed by atoms with E-state index in [0.717, 1.165) is 6.54 Å². The summed E-state index contributed by atoms with van der Waals surface area (Å²) < 4.78 is 14.0. The molecule has 2 nitrogen and oxygen atoms in total. The van der Waals surface area contributed by atoms with Gasteiger partial charge < -0.3 is 10.2 Å². The van der Waals surface area contributed by atoms with E-state index in [1.807, 2.05) is 12.1 Å². The average Bonchev–Trinajstić information content (AvgIpc) is 2.71. The highest BCUT2D eigenvalue weighted by molar-refractivity contribution is 9.10. The van der Waals surface area contributed by atoms with Gasteiger partial charge in [0.15, 0.2) is 0 Å². The normalized spacial score (nSPS) is 28.9. The second-order valence-corrected chi connectivity index (χ2v) is 6.87. The van der Waals surface area contributed by atoms with Gasteiger partial charge in [-0.2, -0.15) is 0 Å². The van der Waals surface area contributed by atoms with Gasteiger partial charge in [-0.1, -0.05) is 6.92 Å². The molecule has 4 heteroatoms. The lowest BCUT2D eigenvalue weighted by Crippen LogP contribution is -2.49. The van der Waals surface area contributed by atoms with Crippen LogP contribution >= 0.6 is 15.9 Å². The summed E-state index contributed by atoms with van der Waals surface area (Å²) in [6.07, 6.45) is 6.16. The van der Waals surface area contributed by atoms with E-state index < -0.39 is 0 Å². The van der Waals surface area contributed by atoms with Crippen molar-refractivity contribution in [1.82, 2.24) is 5.32 Å². The lowest BCUT2D eigenvalue weighted by molar-refractivity contribution is 0.356. The fourth-order valence-electron chi connectivity index (χ4n) is 3.76. The molecule has 1 N–H and O–H groups in total. The Labute approximate surface area is 128 Å². The van der Waals surface area contributed by atoms with Gasteiger partial charge in [0, 0.05) is 23.8 Å². The number of fused-ring (bicyclic) bond motifs is 2. The summed E-state index contributed by atoms with van der Waals surface area (Å²) in [5.41, 5.74) is 1.17. The molecular weight excluding hydrogens is 319 g/mol. The number of piperidine rings is 1. The second-order valence-electron chi connectivity index (χ2n) is 6.01. The first-order chi connectivity index (χ1) is 9.69. The number of anilines is 1. The fraction of sp³-hybridized carbons (Fsp3) is 0.625. The van der Waals surface area contributed by atoms with Crippen molar-refractivity contribution < 1.29 is 4.39 Å². The van der Waals surface area contributed by atoms with Crippen molar-refractivity contribution in [2.45, 2.75) is 57.2 Å². The average molecular weight is 341 g/mol. The molecule has 0 aliphatic carbocycles. The third-order valence-corrected chi connectivity index (χ3v) is 5.23. The zero-order chi connectivity index (χ0) is 14.1. The molecule has 0 amide bonds. The number of hydrogen-bond acceptors (Lipinski definition) is 2. The third kappa shape index (κ3) is 2.73. The van der Waals surface area contributed by atoms with Crippen LogP contribution in [0.1, 0.15) is 39.0 Å². The number of rotatable bonds is 4. The molecule has 0 radical (unpaired) electrons. The van der Waals surface area contributed by atoms with Gasteiger partial charge in [-0.25, -0.2) is 4.39 Å². The van der Waals surface area contributed by atoms with Crippen molar-refractivity contribution in [3.8, 4) is 0 Å². The van der Waals surface area contributed by atoms with Crippen molar-refractivity contribution in [1.29, 1.82) is 0 Å². The number of halogens is 2. The summed E-state index contributed by atoms with van der Waals surface area (Å²) in [5.74, 6) is -0.180. The molecule has 2 aliphatic rings. The van der Waals surface area contributed by atoms with Crippen molar-refractivity contribution >= 4 is 21.6 Å². The summed E-state index contributed by atoms with van der Waals surface area (Å²) >= 11 is 3.31. The van der Waals surface area contributed by atoms with Gasteiger partial charge in [0.2, 0.25) is 0 Å². The first kappa shape index (κ1) is 14.3. The van der Waals surface area contributed by atoms with Crippen LogP contribution in [0.15, 0.2) is 22.7 Å². The first-order valence-electron chi connectivity index (χ1n) is 7.65. The minimum absolute atomic E-state index is 0.180. The number of benzene rings is 1. The Morgan fingerprint density at radius 3 is 2.60 bits per heavy atom. The molecule has 20 heavy (non-hydrogen) atoms. The molecule has 2 aliphatic heterocycles. The standard InChI is InChI=1S/C16H22BrFN2/c1-2-7-19-11-8-12-3-4-13(9-11)20(12)14-5-6-16(18)15(17)10-14/h5-6,10-13,19H,2-4,7-9H2,1H3. The predicted octanol–water partition coefficient (Wildman–Crippen LogP) is 4.09. The Morgan fingerprint density at radius 1 is 1.30 bits per heavy atom. The molecule has 1 aromatic rings. The molecular formula is C16H22BrFN2. The van der Waals surface area contributed by atoms with Crippen LogP contribution in [0.2, 0.25) is 0 Å². The highest BCUT2D eigenvalue weighted by Crippen LogP contribution is 2.40. The molecule has 2 bridgehead atoms. The van der Waals surface area contributed by atoms with E-state index in [9.17, 15) is 4.39 Å². The van der Waals surface area contributed by atoms with Gasteiger partial charge in [-0.15, -0.1) is 0 Å². The van der Waals surface area contributed by atoms with E-state index in [0.29, 0.717) is 22.6 Å². The van der Waals surface area contributed by atoms with Gasteiger partial charge in [0.25, 0.3) is 0 Å². The maximum Gasteiger partial charge on any atom is 0.137 e. The predicted molar refractivity (Wildman–Crippen MR) is 84.7 cm³/mol. The van der Waals surface area contributed by atoms with E-state index in [4.69, 9.17) is 0 Å². The smallest absolute Gasteiger partial charge is 0.137 e. The Hall–Kier alpha value is -0.610. The van der Waals surface area contributed by atoms with E-state index in [-0.39, 0.29) is 5.82 Å². The molecule has 0 saturated carbocycles. The lowest BCUT2D eigenvalue weighted by atomic mass is 9.96. The topological polar surface area (TPSA) is 15.3 Å². The highest BCUT2D eigenvalue weighted by Gasteiger charge is 2.40. The summed E-state index contributed by atoms with van der Waals surface area (Å²) in [4.78, 5) is 2.52. The minimum Gasteiger partial charge on any atom is -0.365 e. The number of hydrogen-bond donors (Lipinski definition) is 1. The molecule has 2 unspecified atom stereocenters. The molecule has 0 spiro atoms. The Kier molecular flexibility index (Phi) is 4.32.